The number of carbonyl (C=O) groups is 1. The number of hydrogen-bond donors (Lipinski definition) is 2. The Morgan fingerprint density at radius 1 is 1.34 bits per heavy atom. The molecule has 8 heteroatoms. The van der Waals surface area contributed by atoms with Crippen molar-refractivity contribution in [2.24, 2.45) is 0 Å². The quantitative estimate of drug-likeness (QED) is 0.678. The maximum absolute atomic E-state index is 12.7. The summed E-state index contributed by atoms with van der Waals surface area (Å²) < 4.78 is 6.35. The zero-order chi connectivity index (χ0) is 20.0. The fraction of sp³-hybridized carbons (Fsp3) is 0.381. The highest BCUT2D eigenvalue weighted by atomic mass is 32.1. The summed E-state index contributed by atoms with van der Waals surface area (Å²) in [5.41, 5.74) is 8.27. The maximum atomic E-state index is 12.7. The maximum Gasteiger partial charge on any atom is 0.271 e. The second-order valence-electron chi connectivity index (χ2n) is 7.66. The third-order valence-electron chi connectivity index (χ3n) is 5.82. The van der Waals surface area contributed by atoms with Crippen LogP contribution in [-0.2, 0) is 16.8 Å². The number of piperidine rings is 1. The molecule has 1 fully saturated rings. The van der Waals surface area contributed by atoms with Gasteiger partial charge >= 0.3 is 0 Å². The molecule has 0 aromatic carbocycles. The van der Waals surface area contributed by atoms with Crippen LogP contribution in [0.4, 0.5) is 5.82 Å². The number of nitrogens with one attached hydrogen (secondary N) is 1. The van der Waals surface area contributed by atoms with Crippen LogP contribution in [0.1, 0.15) is 39.6 Å². The molecule has 3 aromatic rings. The first-order chi connectivity index (χ1) is 14.0. The van der Waals surface area contributed by atoms with Gasteiger partial charge in [-0.05, 0) is 43.5 Å². The van der Waals surface area contributed by atoms with E-state index < -0.39 is 0 Å². The number of aromatic nitrogens is 3. The average Bonchev–Trinajstić information content (AvgIpc) is 3.36. The minimum atomic E-state index is -0.316. The van der Waals surface area contributed by atoms with Gasteiger partial charge in [0.25, 0.3) is 5.91 Å². The molecule has 5 heterocycles. The van der Waals surface area contributed by atoms with Gasteiger partial charge in [0, 0.05) is 24.4 Å². The minimum Gasteiger partial charge on any atom is -0.384 e. The number of amides is 1. The number of pyridine rings is 1. The van der Waals surface area contributed by atoms with E-state index in [9.17, 15) is 4.79 Å². The van der Waals surface area contributed by atoms with Crippen LogP contribution in [0.5, 0.6) is 0 Å². The van der Waals surface area contributed by atoms with Crippen LogP contribution in [-0.4, -0.2) is 45.5 Å². The second-order valence-corrected chi connectivity index (χ2v) is 8.80. The van der Waals surface area contributed by atoms with E-state index in [0.29, 0.717) is 31.2 Å². The fourth-order valence-corrected chi connectivity index (χ4v) is 5.52. The number of imidazole rings is 1. The smallest absolute Gasteiger partial charge is 0.271 e. The van der Waals surface area contributed by atoms with Crippen LogP contribution >= 0.6 is 11.3 Å². The number of thiophene rings is 1. The van der Waals surface area contributed by atoms with Gasteiger partial charge in [-0.1, -0.05) is 6.07 Å². The molecule has 2 aliphatic rings. The SMILES string of the molecule is Cc1ncc(C(=O)N2CCC3(CC2)OCCc2sc(-c4cccc(N)n4)cc23)[nH]1. The molecule has 2 aliphatic heterocycles. The van der Waals surface area contributed by atoms with Gasteiger partial charge in [0.05, 0.1) is 29.0 Å². The van der Waals surface area contributed by atoms with Crippen LogP contribution in [0.3, 0.4) is 0 Å². The second kappa shape index (κ2) is 6.96. The Kier molecular flexibility index (Phi) is 4.40. The molecule has 1 spiro atoms. The van der Waals surface area contributed by atoms with E-state index in [2.05, 4.69) is 21.0 Å². The molecule has 1 amide bonds. The molecule has 3 aromatic heterocycles. The molecule has 0 radical (unpaired) electrons. The number of aryl methyl sites for hydroxylation is 1. The number of hydrogen-bond acceptors (Lipinski definition) is 6. The first-order valence-electron chi connectivity index (χ1n) is 9.85. The first kappa shape index (κ1) is 18.3. The molecular weight excluding hydrogens is 386 g/mol. The fourth-order valence-electron chi connectivity index (χ4n) is 4.32. The number of nitrogens with two attached hydrogens (primary N) is 1. The molecular formula is C21H23N5O2S. The number of fused-ring (bicyclic) bond motifs is 2. The van der Waals surface area contributed by atoms with Crippen LogP contribution in [0.2, 0.25) is 0 Å². The van der Waals surface area contributed by atoms with Crippen molar-refractivity contribution in [2.75, 3.05) is 25.4 Å². The van der Waals surface area contributed by atoms with Gasteiger partial charge in [-0.15, -0.1) is 11.3 Å². The lowest BCUT2D eigenvalue weighted by atomic mass is 9.82. The Hall–Kier alpha value is -2.71. The van der Waals surface area contributed by atoms with E-state index >= 15 is 0 Å². The molecule has 0 aliphatic carbocycles. The van der Waals surface area contributed by atoms with Crippen LogP contribution in [0.25, 0.3) is 10.6 Å². The number of nitrogens with zero attached hydrogens (tertiary/aromatic N) is 3. The van der Waals surface area contributed by atoms with Crippen molar-refractivity contribution in [1.29, 1.82) is 0 Å². The van der Waals surface area contributed by atoms with Gasteiger partial charge in [0.15, 0.2) is 0 Å². The highest BCUT2D eigenvalue weighted by Crippen LogP contribution is 2.46. The van der Waals surface area contributed by atoms with E-state index in [1.807, 2.05) is 24.0 Å². The zero-order valence-corrected chi connectivity index (χ0v) is 17.1. The number of aromatic amines is 1. The summed E-state index contributed by atoms with van der Waals surface area (Å²) in [5, 5.41) is 0. The molecule has 0 saturated carbocycles. The van der Waals surface area contributed by atoms with Crippen molar-refractivity contribution < 1.29 is 9.53 Å². The van der Waals surface area contributed by atoms with Crippen molar-refractivity contribution in [3.8, 4) is 10.6 Å². The number of carbonyl (C=O) groups excluding carboxylic acids is 1. The van der Waals surface area contributed by atoms with Crippen molar-refractivity contribution in [1.82, 2.24) is 19.9 Å². The zero-order valence-electron chi connectivity index (χ0n) is 16.3. The van der Waals surface area contributed by atoms with E-state index in [0.717, 1.165) is 35.7 Å². The molecule has 0 unspecified atom stereocenters. The highest BCUT2D eigenvalue weighted by Gasteiger charge is 2.43. The van der Waals surface area contributed by atoms with Crippen LogP contribution < -0.4 is 5.73 Å². The predicted molar refractivity (Wildman–Crippen MR) is 112 cm³/mol. The van der Waals surface area contributed by atoms with Crippen LogP contribution in [0.15, 0.2) is 30.5 Å². The normalized spacial score (nSPS) is 18.0. The van der Waals surface area contributed by atoms with Gasteiger partial charge in [-0.25, -0.2) is 9.97 Å². The lowest BCUT2D eigenvalue weighted by Gasteiger charge is -2.44. The van der Waals surface area contributed by atoms with Gasteiger partial charge in [0.2, 0.25) is 0 Å². The van der Waals surface area contributed by atoms with Crippen molar-refractivity contribution in [3.63, 3.8) is 0 Å². The molecule has 0 atom stereocenters. The van der Waals surface area contributed by atoms with Gasteiger partial charge in [-0.2, -0.15) is 0 Å². The summed E-state index contributed by atoms with van der Waals surface area (Å²) >= 11 is 1.78. The summed E-state index contributed by atoms with van der Waals surface area (Å²) in [6.45, 7) is 3.89. The lowest BCUT2D eigenvalue weighted by Crippen LogP contribution is -2.48. The van der Waals surface area contributed by atoms with Crippen molar-refractivity contribution >= 4 is 23.1 Å². The Bertz CT molecular complexity index is 1060. The molecule has 29 heavy (non-hydrogen) atoms. The highest BCUT2D eigenvalue weighted by molar-refractivity contribution is 7.15. The summed E-state index contributed by atoms with van der Waals surface area (Å²) in [4.78, 5) is 28.8. The molecule has 1 saturated heterocycles. The predicted octanol–water partition coefficient (Wildman–Crippen LogP) is 3.13. The van der Waals surface area contributed by atoms with Crippen molar-refractivity contribution in [3.05, 3.63) is 52.4 Å². The summed E-state index contributed by atoms with van der Waals surface area (Å²) in [6.07, 6.45) is 4.11. The summed E-state index contributed by atoms with van der Waals surface area (Å²) in [7, 11) is 0. The molecule has 150 valence electrons. The third kappa shape index (κ3) is 3.22. The summed E-state index contributed by atoms with van der Waals surface area (Å²) in [5.74, 6) is 1.29. The minimum absolute atomic E-state index is 0.00597. The lowest BCUT2D eigenvalue weighted by molar-refractivity contribution is -0.0926. The molecule has 7 nitrogen and oxygen atoms in total. The third-order valence-corrected chi connectivity index (χ3v) is 7.04. The van der Waals surface area contributed by atoms with Crippen LogP contribution in [0, 0.1) is 6.92 Å². The number of rotatable bonds is 2. The van der Waals surface area contributed by atoms with Gasteiger partial charge in [-0.3, -0.25) is 4.79 Å². The van der Waals surface area contributed by atoms with Gasteiger partial charge in [0.1, 0.15) is 17.3 Å². The summed E-state index contributed by atoms with van der Waals surface area (Å²) in [6, 6.07) is 7.95. The Balaban J connectivity index is 1.39. The Morgan fingerprint density at radius 3 is 2.90 bits per heavy atom. The largest absolute Gasteiger partial charge is 0.384 e. The Labute approximate surface area is 172 Å². The number of anilines is 1. The molecule has 0 bridgehead atoms. The molecule has 3 N–H and O–H groups in total. The van der Waals surface area contributed by atoms with Gasteiger partial charge < -0.3 is 20.4 Å². The first-order valence-corrected chi connectivity index (χ1v) is 10.7. The standard InChI is InChI=1S/C21H23N5O2S/c1-13-23-12-16(24-13)20(27)26-8-6-21(7-9-26)14-11-18(29-17(14)5-10-28-21)15-3-2-4-19(22)25-15/h2-4,11-12H,5-10H2,1H3,(H2,22,25)(H,23,24). The van der Waals surface area contributed by atoms with E-state index in [-0.39, 0.29) is 11.5 Å². The number of nitrogen functional groups attached to an aromatic ring is 1. The number of ether oxygens (including phenoxy) is 1. The Morgan fingerprint density at radius 2 is 2.17 bits per heavy atom. The van der Waals surface area contributed by atoms with E-state index in [1.165, 1.54) is 10.4 Å². The molecule has 5 rings (SSSR count). The monoisotopic (exact) mass is 409 g/mol. The number of H-pyrrole nitrogens is 1. The topological polar surface area (TPSA) is 97.1 Å². The van der Waals surface area contributed by atoms with Crippen molar-refractivity contribution in [2.45, 2.75) is 31.8 Å². The van der Waals surface area contributed by atoms with E-state index in [4.69, 9.17) is 10.5 Å². The average molecular weight is 410 g/mol. The van der Waals surface area contributed by atoms with E-state index in [1.54, 1.807) is 23.6 Å². The number of likely N-dealkylation sites (tertiary alicyclic amines) is 1.